The van der Waals surface area contributed by atoms with E-state index in [0.717, 1.165) is 24.3 Å². The molecular weight excluding hydrogens is 368 g/mol. The van der Waals surface area contributed by atoms with E-state index in [-0.39, 0.29) is 30.4 Å². The van der Waals surface area contributed by atoms with Crippen LogP contribution in [-0.4, -0.2) is 46.7 Å². The van der Waals surface area contributed by atoms with Gasteiger partial charge in [-0.25, -0.2) is 4.63 Å². The molecule has 2 aromatic rings. The second-order valence-electron chi connectivity index (χ2n) is 6.81. The lowest BCUT2D eigenvalue weighted by Gasteiger charge is -2.25. The Hall–Kier alpha value is -2.42. The maximum atomic E-state index is 12.4. The van der Waals surface area contributed by atoms with Gasteiger partial charge in [-0.2, -0.15) is 0 Å². The molecule has 3 rings (SSSR count). The second-order valence-corrected chi connectivity index (χ2v) is 7.92. The highest BCUT2D eigenvalue weighted by Crippen LogP contribution is 2.36. The van der Waals surface area contributed by atoms with Gasteiger partial charge in [0.15, 0.2) is 0 Å². The number of hydrogen-bond acceptors (Lipinski definition) is 7. The van der Waals surface area contributed by atoms with Crippen molar-refractivity contribution in [3.05, 3.63) is 27.6 Å². The highest BCUT2D eigenvalue weighted by molar-refractivity contribution is 7.14. The Kier molecular flexibility index (Phi) is 6.10. The van der Waals surface area contributed by atoms with Crippen molar-refractivity contribution in [2.24, 2.45) is 5.92 Å². The largest absolute Gasteiger partial charge is 0.472 e. The molecule has 0 saturated carbocycles. The summed E-state index contributed by atoms with van der Waals surface area (Å²) in [5.41, 5.74) is 0.571. The van der Waals surface area contributed by atoms with E-state index >= 15 is 0 Å². The summed E-state index contributed by atoms with van der Waals surface area (Å²) in [6.07, 6.45) is 1.94. The molecular formula is C18H24N4O4S. The fourth-order valence-electron chi connectivity index (χ4n) is 3.07. The molecule has 3 heterocycles. The maximum absolute atomic E-state index is 12.4. The molecule has 9 heteroatoms. The Morgan fingerprint density at radius 1 is 1.41 bits per heavy atom. The van der Waals surface area contributed by atoms with Crippen LogP contribution in [0.2, 0.25) is 0 Å². The average Bonchev–Trinajstić information content (AvgIpc) is 3.38. The van der Waals surface area contributed by atoms with Crippen molar-refractivity contribution >= 4 is 23.2 Å². The third kappa shape index (κ3) is 4.47. The quantitative estimate of drug-likeness (QED) is 0.727. The second kappa shape index (κ2) is 8.51. The lowest BCUT2D eigenvalue weighted by Crippen LogP contribution is -2.33. The number of carbonyl (C=O) groups is 2. The third-order valence-corrected chi connectivity index (χ3v) is 5.63. The summed E-state index contributed by atoms with van der Waals surface area (Å²) >= 11 is 1.45. The van der Waals surface area contributed by atoms with Gasteiger partial charge in [-0.1, -0.05) is 19.0 Å². The van der Waals surface area contributed by atoms with Crippen LogP contribution in [0, 0.1) is 12.8 Å². The van der Waals surface area contributed by atoms with Crippen LogP contribution in [-0.2, 0) is 4.79 Å². The standard InChI is InChI=1S/C18H24N4O4S/c1-11(2)18(24)22-9-4-5-13(22)14-6-7-15(27-14)16(23)19-8-10-25-17-12(3)20-26-21-17/h6-7,11,13H,4-5,8-10H2,1-3H3,(H,19,23)/t13-/m1/s1. The molecule has 1 N–H and O–H groups in total. The molecule has 8 nitrogen and oxygen atoms in total. The Balaban J connectivity index is 1.53. The highest BCUT2D eigenvalue weighted by atomic mass is 32.1. The van der Waals surface area contributed by atoms with Gasteiger partial charge in [-0.05, 0) is 37.1 Å². The summed E-state index contributed by atoms with van der Waals surface area (Å²) in [4.78, 5) is 28.4. The summed E-state index contributed by atoms with van der Waals surface area (Å²) in [6.45, 7) is 6.98. The summed E-state index contributed by atoms with van der Waals surface area (Å²) in [7, 11) is 0. The fraction of sp³-hybridized carbons (Fsp3) is 0.556. The van der Waals surface area contributed by atoms with Gasteiger partial charge < -0.3 is 15.0 Å². The lowest BCUT2D eigenvalue weighted by molar-refractivity contribution is -0.135. The Morgan fingerprint density at radius 3 is 2.93 bits per heavy atom. The molecule has 0 spiro atoms. The number of carbonyl (C=O) groups excluding carboxylic acids is 2. The van der Waals surface area contributed by atoms with E-state index in [2.05, 4.69) is 20.3 Å². The number of thiophene rings is 1. The van der Waals surface area contributed by atoms with Crippen LogP contribution in [0.25, 0.3) is 0 Å². The van der Waals surface area contributed by atoms with E-state index in [4.69, 9.17) is 4.74 Å². The predicted octanol–water partition coefficient (Wildman–Crippen LogP) is 2.57. The Morgan fingerprint density at radius 2 is 2.22 bits per heavy atom. The van der Waals surface area contributed by atoms with E-state index in [0.29, 0.717) is 23.0 Å². The van der Waals surface area contributed by atoms with Gasteiger partial charge in [0.05, 0.1) is 17.5 Å². The molecule has 1 atom stereocenters. The van der Waals surface area contributed by atoms with Crippen LogP contribution in [0.15, 0.2) is 16.8 Å². The van der Waals surface area contributed by atoms with Crippen molar-refractivity contribution in [3.8, 4) is 5.88 Å². The molecule has 1 aliphatic heterocycles. The maximum Gasteiger partial charge on any atom is 0.278 e. The first-order valence-corrected chi connectivity index (χ1v) is 9.89. The van der Waals surface area contributed by atoms with Crippen molar-refractivity contribution in [2.75, 3.05) is 19.7 Å². The Labute approximate surface area is 161 Å². The monoisotopic (exact) mass is 392 g/mol. The van der Waals surface area contributed by atoms with Crippen molar-refractivity contribution < 1.29 is 19.0 Å². The van der Waals surface area contributed by atoms with E-state index < -0.39 is 0 Å². The van der Waals surface area contributed by atoms with E-state index in [1.165, 1.54) is 11.3 Å². The first-order chi connectivity index (χ1) is 13.0. The molecule has 1 aliphatic rings. The molecule has 0 bridgehead atoms. The van der Waals surface area contributed by atoms with E-state index in [1.54, 1.807) is 6.92 Å². The predicted molar refractivity (Wildman–Crippen MR) is 99.7 cm³/mol. The molecule has 1 saturated heterocycles. The summed E-state index contributed by atoms with van der Waals surface area (Å²) < 4.78 is 9.94. The van der Waals surface area contributed by atoms with Gasteiger partial charge in [0, 0.05) is 17.3 Å². The van der Waals surface area contributed by atoms with Crippen LogP contribution in [0.4, 0.5) is 0 Å². The molecule has 2 amide bonds. The SMILES string of the molecule is Cc1nonc1OCCNC(=O)c1ccc([C@H]2CCCN2C(=O)C(C)C)s1. The molecule has 0 radical (unpaired) electrons. The molecule has 0 aliphatic carbocycles. The highest BCUT2D eigenvalue weighted by Gasteiger charge is 2.32. The first-order valence-electron chi connectivity index (χ1n) is 9.07. The zero-order valence-corrected chi connectivity index (χ0v) is 16.5. The fourth-order valence-corrected chi connectivity index (χ4v) is 4.14. The average molecular weight is 392 g/mol. The van der Waals surface area contributed by atoms with Crippen LogP contribution >= 0.6 is 11.3 Å². The van der Waals surface area contributed by atoms with Crippen LogP contribution in [0.3, 0.4) is 0 Å². The van der Waals surface area contributed by atoms with Gasteiger partial charge in [0.25, 0.3) is 11.8 Å². The molecule has 27 heavy (non-hydrogen) atoms. The van der Waals surface area contributed by atoms with Crippen LogP contribution in [0.5, 0.6) is 5.88 Å². The van der Waals surface area contributed by atoms with Crippen molar-refractivity contribution in [2.45, 2.75) is 39.7 Å². The number of amides is 2. The number of hydrogen-bond donors (Lipinski definition) is 1. The van der Waals surface area contributed by atoms with Gasteiger partial charge in [-0.15, -0.1) is 11.3 Å². The molecule has 146 valence electrons. The minimum absolute atomic E-state index is 0.0168. The number of aryl methyl sites for hydroxylation is 1. The number of aromatic nitrogens is 2. The normalized spacial score (nSPS) is 16.7. The van der Waals surface area contributed by atoms with Crippen LogP contribution < -0.4 is 10.1 Å². The van der Waals surface area contributed by atoms with Crippen molar-refractivity contribution in [1.29, 1.82) is 0 Å². The molecule has 2 aromatic heterocycles. The minimum atomic E-state index is -0.149. The van der Waals surface area contributed by atoms with Crippen LogP contribution in [0.1, 0.15) is 53.0 Å². The summed E-state index contributed by atoms with van der Waals surface area (Å²) in [5, 5.41) is 10.1. The zero-order valence-electron chi connectivity index (χ0n) is 15.7. The number of nitrogens with zero attached hydrogens (tertiary/aromatic N) is 3. The lowest BCUT2D eigenvalue weighted by atomic mass is 10.1. The smallest absolute Gasteiger partial charge is 0.278 e. The van der Waals surface area contributed by atoms with Crippen molar-refractivity contribution in [3.63, 3.8) is 0 Å². The third-order valence-electron chi connectivity index (χ3n) is 4.45. The zero-order chi connectivity index (χ0) is 19.4. The number of rotatable bonds is 7. The molecule has 0 unspecified atom stereocenters. The van der Waals surface area contributed by atoms with E-state index in [1.807, 2.05) is 30.9 Å². The van der Waals surface area contributed by atoms with Crippen molar-refractivity contribution in [1.82, 2.24) is 20.5 Å². The summed E-state index contributed by atoms with van der Waals surface area (Å²) in [5.74, 6) is 0.340. The summed E-state index contributed by atoms with van der Waals surface area (Å²) in [6, 6.07) is 3.85. The Bertz CT molecular complexity index is 801. The number of likely N-dealkylation sites (tertiary alicyclic amines) is 1. The topological polar surface area (TPSA) is 97.6 Å². The number of nitrogens with one attached hydrogen (secondary N) is 1. The first kappa shape index (κ1) is 19.3. The molecule has 0 aromatic carbocycles. The van der Waals surface area contributed by atoms with Gasteiger partial charge in [0.2, 0.25) is 5.91 Å². The van der Waals surface area contributed by atoms with Gasteiger partial charge >= 0.3 is 0 Å². The van der Waals surface area contributed by atoms with Gasteiger partial charge in [0.1, 0.15) is 12.3 Å². The van der Waals surface area contributed by atoms with E-state index in [9.17, 15) is 9.59 Å². The minimum Gasteiger partial charge on any atom is -0.472 e. The van der Waals surface area contributed by atoms with Gasteiger partial charge in [-0.3, -0.25) is 9.59 Å². The molecule has 1 fully saturated rings. The number of ether oxygens (including phenoxy) is 1.